The Morgan fingerprint density at radius 3 is 0.456 bits per heavy atom. The standard InChI is InChI=1S/2C32H12BF24.C13H12N2.2C2H3N.Pd/c2*34-25(35,36)13-1-14(26(37,38)39)6-21(5-13)33(22-7-15(27(40,41)42)2-16(8-22)28(43,44)45,23-9-17(29(46,47)48)3-18(10-23)30(49,50)51)24-11-19(31(52,53)54)4-20(12-24)32(55,56)57;1-11(13-9-5-6-10-14-13)15-12-7-3-2-4-8-12;2*1-2-3;/h2*1-12H;2-10H,1H3;2*1H3;/q2*-1;;;;+2. The fraction of sp³-hybridized carbons (Fsp3) is 0.235. The molecule has 9 aromatic carbocycles. The van der Waals surface area contributed by atoms with Gasteiger partial charge in [-0.15, -0.1) is 0 Å². The molecular weight excluding hydrogens is 2070 g/mol. The molecule has 10 rings (SSSR count). The van der Waals surface area contributed by atoms with Crippen molar-refractivity contribution < 1.29 is 231 Å². The molecular formula is C81H42B2F48N4Pd. The van der Waals surface area contributed by atoms with Crippen LogP contribution in [0, 0.1) is 22.7 Å². The summed E-state index contributed by atoms with van der Waals surface area (Å²) in [6.07, 6.45) is -108. The van der Waals surface area contributed by atoms with Crippen LogP contribution in [0.15, 0.2) is 205 Å². The van der Waals surface area contributed by atoms with Gasteiger partial charge in [-0.3, -0.25) is 9.98 Å². The Balaban J connectivity index is 0.000000392. The average molecular weight is 2110 g/mol. The molecule has 4 nitrogen and oxygen atoms in total. The van der Waals surface area contributed by atoms with E-state index in [-0.39, 0.29) is 20.4 Å². The van der Waals surface area contributed by atoms with E-state index in [0.717, 1.165) is 17.1 Å². The minimum absolute atomic E-state index is 0. The zero-order chi connectivity index (χ0) is 104. The Hall–Kier alpha value is -11.8. The molecule has 0 amide bonds. The Morgan fingerprint density at radius 2 is 0.346 bits per heavy atom. The summed E-state index contributed by atoms with van der Waals surface area (Å²) in [6.45, 7) is 4.83. The van der Waals surface area contributed by atoms with E-state index in [2.05, 4.69) is 9.98 Å². The van der Waals surface area contributed by atoms with E-state index in [4.69, 9.17) is 10.5 Å². The second kappa shape index (κ2) is 40.1. The van der Waals surface area contributed by atoms with Crippen LogP contribution in [-0.2, 0) is 119 Å². The van der Waals surface area contributed by atoms with Gasteiger partial charge in [0.25, 0.3) is 0 Å². The number of halogens is 48. The SMILES string of the molecule is CC#N.CC#N.CC(=Nc1ccccc1)c1ccccn1.FC(F)(F)c1cc([B-](c2cc(C(F)(F)F)cc(C(F)(F)F)c2)(c2cc(C(F)(F)F)cc(C(F)(F)F)c2)c2cc(C(F)(F)F)cc(C(F)(F)F)c2)cc(C(F)(F)F)c1.FC(F)(F)c1cc([B-](c2cc(C(F)(F)F)cc(C(F)(F)F)c2)(c2cc(C(F)(F)F)cc(C(F)(F)F)c2)c2cc(C(F)(F)F)cc(C(F)(F)F)c2)cc(C(F)(F)F)c1.[Pd+2]. The summed E-state index contributed by atoms with van der Waals surface area (Å²) in [4.78, 5) is 8.73. The second-order valence-corrected chi connectivity index (χ2v) is 28.1. The molecule has 136 heavy (non-hydrogen) atoms. The molecule has 0 bridgehead atoms. The zero-order valence-corrected chi connectivity index (χ0v) is 67.5. The van der Waals surface area contributed by atoms with E-state index >= 15 is 0 Å². The molecule has 1 aromatic heterocycles. The van der Waals surface area contributed by atoms with Gasteiger partial charge in [0.1, 0.15) is 12.3 Å². The van der Waals surface area contributed by atoms with E-state index < -0.39 is 389 Å². The third-order valence-corrected chi connectivity index (χ3v) is 19.0. The van der Waals surface area contributed by atoms with Crippen LogP contribution in [-0.4, -0.2) is 23.0 Å². The van der Waals surface area contributed by atoms with Gasteiger partial charge in [-0.1, -0.05) is 121 Å². The molecule has 0 N–H and O–H groups in total. The normalized spacial score (nSPS) is 13.4. The van der Waals surface area contributed by atoms with Crippen molar-refractivity contribution in [3.05, 3.63) is 295 Å². The topological polar surface area (TPSA) is 72.8 Å². The fourth-order valence-electron chi connectivity index (χ4n) is 13.5. The smallest absolute Gasteiger partial charge is 0.255 e. The van der Waals surface area contributed by atoms with Crippen molar-refractivity contribution in [3.63, 3.8) is 0 Å². The maximum atomic E-state index is 14.2. The fourth-order valence-corrected chi connectivity index (χ4v) is 13.5. The summed E-state index contributed by atoms with van der Waals surface area (Å²) in [5, 5.41) is 14.6. The molecule has 0 saturated heterocycles. The minimum atomic E-state index is -6.13. The summed E-state index contributed by atoms with van der Waals surface area (Å²) in [5.41, 5.74) is -57.6. The van der Waals surface area contributed by atoms with E-state index in [1.54, 1.807) is 18.3 Å². The largest absolute Gasteiger partial charge is 2.00 e. The number of aromatic nitrogens is 1. The van der Waals surface area contributed by atoms with Crippen LogP contribution in [0.4, 0.5) is 216 Å². The predicted octanol–water partition coefficient (Wildman–Crippen LogP) is 26.7. The summed E-state index contributed by atoms with van der Waals surface area (Å²) in [5.74, 6) is 0. The first kappa shape index (κ1) is 115. The molecule has 0 saturated carbocycles. The monoisotopic (exact) mass is 2110 g/mol. The Bertz CT molecular complexity index is 4780. The molecule has 0 radical (unpaired) electrons. The first-order valence-corrected chi connectivity index (χ1v) is 35.6. The number of hydrogen-bond acceptors (Lipinski definition) is 4. The summed E-state index contributed by atoms with van der Waals surface area (Å²) in [7, 11) is 0. The van der Waals surface area contributed by atoms with Crippen molar-refractivity contribution in [1.29, 1.82) is 10.5 Å². The van der Waals surface area contributed by atoms with Gasteiger partial charge >= 0.3 is 119 Å². The number of alkyl halides is 48. The average Bonchev–Trinajstić information content (AvgIpc) is 0.709. The maximum absolute atomic E-state index is 14.2. The molecule has 0 atom stereocenters. The first-order chi connectivity index (χ1) is 60.7. The van der Waals surface area contributed by atoms with Crippen LogP contribution < -0.4 is 43.7 Å². The molecule has 10 aromatic rings. The van der Waals surface area contributed by atoms with Gasteiger partial charge in [0.05, 0.1) is 118 Å². The molecule has 55 heteroatoms. The number of nitriles is 2. The van der Waals surface area contributed by atoms with Crippen molar-refractivity contribution in [2.75, 3.05) is 0 Å². The number of benzene rings is 9. The van der Waals surface area contributed by atoms with Gasteiger partial charge in [-0.25, -0.2) is 0 Å². The number of para-hydroxylation sites is 1. The van der Waals surface area contributed by atoms with Crippen molar-refractivity contribution in [2.24, 2.45) is 4.99 Å². The first-order valence-electron chi connectivity index (χ1n) is 35.6. The molecule has 0 aliphatic heterocycles. The van der Waals surface area contributed by atoms with Gasteiger partial charge in [-0.05, 0) is 79.7 Å². The molecule has 0 aliphatic rings. The molecule has 1 heterocycles. The number of aliphatic imine (C=N–C) groups is 1. The van der Waals surface area contributed by atoms with Crippen molar-refractivity contribution >= 4 is 67.4 Å². The number of hydrogen-bond donors (Lipinski definition) is 0. The number of pyridine rings is 1. The van der Waals surface area contributed by atoms with Crippen molar-refractivity contribution in [3.8, 4) is 12.1 Å². The molecule has 0 fully saturated rings. The Labute approximate surface area is 743 Å². The van der Waals surface area contributed by atoms with Gasteiger partial charge in [0, 0.05) is 20.0 Å². The van der Waals surface area contributed by atoms with Crippen LogP contribution in [0.1, 0.15) is 115 Å². The molecule has 738 valence electrons. The third-order valence-electron chi connectivity index (χ3n) is 19.0. The maximum Gasteiger partial charge on any atom is 2.00 e. The third kappa shape index (κ3) is 28.2. The summed E-state index contributed by atoms with van der Waals surface area (Å²) < 4.78 is 682. The Morgan fingerprint density at radius 1 is 0.221 bits per heavy atom. The van der Waals surface area contributed by atoms with E-state index in [0.29, 0.717) is 0 Å². The summed E-state index contributed by atoms with van der Waals surface area (Å²) >= 11 is 0. The van der Waals surface area contributed by atoms with E-state index in [9.17, 15) is 211 Å². The minimum Gasteiger partial charge on any atom is -0.255 e. The number of nitrogens with zero attached hydrogens (tertiary/aromatic N) is 4. The van der Waals surface area contributed by atoms with Gasteiger partial charge in [0.15, 0.2) is 0 Å². The predicted molar refractivity (Wildman–Crippen MR) is 385 cm³/mol. The Kier molecular flexibility index (Phi) is 33.8. The zero-order valence-electron chi connectivity index (χ0n) is 66.0. The quantitative estimate of drug-likeness (QED) is 0.0778. The van der Waals surface area contributed by atoms with Crippen LogP contribution in [0.2, 0.25) is 0 Å². The van der Waals surface area contributed by atoms with Gasteiger partial charge in [0.2, 0.25) is 0 Å². The molecule has 0 spiro atoms. The van der Waals surface area contributed by atoms with Crippen LogP contribution in [0.3, 0.4) is 0 Å². The van der Waals surface area contributed by atoms with Crippen molar-refractivity contribution in [2.45, 2.75) is 120 Å². The second-order valence-electron chi connectivity index (χ2n) is 28.1. The van der Waals surface area contributed by atoms with E-state index in [1.165, 1.54) is 13.8 Å². The van der Waals surface area contributed by atoms with Crippen LogP contribution in [0.5, 0.6) is 0 Å². The number of rotatable bonds is 10. The molecule has 0 aliphatic carbocycles. The summed E-state index contributed by atoms with van der Waals surface area (Å²) in [6, 6.07) is 1.60. The van der Waals surface area contributed by atoms with Crippen LogP contribution >= 0.6 is 0 Å². The van der Waals surface area contributed by atoms with Gasteiger partial charge in [-0.2, -0.15) is 265 Å². The van der Waals surface area contributed by atoms with Crippen molar-refractivity contribution in [1.82, 2.24) is 4.98 Å². The molecule has 0 unspecified atom stereocenters. The van der Waals surface area contributed by atoms with Gasteiger partial charge < -0.3 is 0 Å². The van der Waals surface area contributed by atoms with Crippen LogP contribution in [0.25, 0.3) is 0 Å². The van der Waals surface area contributed by atoms with E-state index in [1.807, 2.05) is 55.5 Å².